The molecule has 57 heavy (non-hydrogen) atoms. The number of hydrogen-bond donors (Lipinski definition) is 0. The van der Waals surface area contributed by atoms with Crippen molar-refractivity contribution in [3.05, 3.63) is 231 Å². The monoisotopic (exact) mass is 1360 g/mol. The zero-order valence-electron chi connectivity index (χ0n) is 31.5. The second-order valence-electron chi connectivity index (χ2n) is 12.5. The molecule has 0 bridgehead atoms. The molecule has 0 aromatic heterocycles. The molecule has 1 aliphatic rings. The molecule has 3 radical (unpaired) electrons. The van der Waals surface area contributed by atoms with E-state index in [0.717, 1.165) is 9.79 Å². The first-order valence-electron chi connectivity index (χ1n) is 18.5. The summed E-state index contributed by atoms with van der Waals surface area (Å²) in [5.41, 5.74) is 0. The van der Waals surface area contributed by atoms with Crippen LogP contribution in [-0.2, 0) is 90.1 Å². The van der Waals surface area contributed by atoms with Crippen LogP contribution in [0.5, 0.6) is 0 Å². The molecule has 7 aromatic rings. The van der Waals surface area contributed by atoms with Gasteiger partial charge in [-0.15, -0.1) is 0 Å². The molecule has 1 aliphatic carbocycles. The third kappa shape index (κ3) is 18.1. The van der Waals surface area contributed by atoms with Gasteiger partial charge in [-0.2, -0.15) is 9.79 Å². The number of allylic oxidation sites excluding steroid dienone is 4. The zero-order chi connectivity index (χ0) is 37.5. The van der Waals surface area contributed by atoms with Crippen molar-refractivity contribution < 1.29 is 64.9 Å². The van der Waals surface area contributed by atoms with Gasteiger partial charge in [-0.1, -0.05) is 158 Å². The van der Waals surface area contributed by atoms with Crippen molar-refractivity contribution in [1.29, 1.82) is 0 Å². The van der Waals surface area contributed by atoms with E-state index in [1.165, 1.54) is 57.5 Å². The largest absolute Gasteiger partial charge is 0.781 e. The topological polar surface area (TPSA) is 0 Å². The van der Waals surface area contributed by atoms with Crippen molar-refractivity contribution in [2.24, 2.45) is 0 Å². The van der Waals surface area contributed by atoms with Gasteiger partial charge < -0.3 is 25.3 Å². The zero-order valence-corrected chi connectivity index (χ0v) is 41.9. The van der Waals surface area contributed by atoms with Gasteiger partial charge in [0.2, 0.25) is 0 Å². The van der Waals surface area contributed by atoms with Crippen LogP contribution in [0.1, 0.15) is 25.7 Å². The molecule has 0 saturated carbocycles. The molecular weight excluding hydrogens is 1310 g/mol. The summed E-state index contributed by atoms with van der Waals surface area (Å²) in [7, 11) is -1.75. The first-order chi connectivity index (χ1) is 26.7. The molecule has 7 heteroatoms. The predicted molar refractivity (Wildman–Crippen MR) is 248 cm³/mol. The molecule has 0 amide bonds. The van der Waals surface area contributed by atoms with Crippen LogP contribution in [0.4, 0.5) is 0 Å². The van der Waals surface area contributed by atoms with E-state index in [-0.39, 0.29) is 64.9 Å². The standard InChI is InChI=1S/2C18H15P.C8H12.C6H6S2.2Au.Ir/c2*1-4-10-16(11-5-1)19(17-12-6-2-7-13-17)18-14-8-3-9-15-18;1-2-4-6-8-7-5-3-1;7-5-3-1-2-4-6(5)8;;;/h2*1-15H;1-2,7-8H,3-6H2;1-4,7-8H;;;. The van der Waals surface area contributed by atoms with Gasteiger partial charge in [0.1, 0.15) is 31.8 Å². The first-order valence-corrected chi connectivity index (χ1v) is 22.3. The molecule has 0 fully saturated rings. The molecule has 0 aliphatic heterocycles. The van der Waals surface area contributed by atoms with Gasteiger partial charge in [-0.05, 0) is 98.5 Å². The summed E-state index contributed by atoms with van der Waals surface area (Å²) in [6, 6.07) is 72.4. The maximum absolute atomic E-state index is 4.85. The molecule has 8 rings (SSSR count). The van der Waals surface area contributed by atoms with Crippen LogP contribution in [0.15, 0.2) is 240 Å². The van der Waals surface area contributed by atoms with Crippen LogP contribution >= 0.6 is 15.8 Å². The molecule has 0 N–H and O–H groups in total. The van der Waals surface area contributed by atoms with Gasteiger partial charge in [-0.25, -0.2) is 0 Å². The summed E-state index contributed by atoms with van der Waals surface area (Å²) in [4.78, 5) is 1.53. The molecule has 0 atom stereocenters. The van der Waals surface area contributed by atoms with Crippen LogP contribution in [0, 0.1) is 0 Å². The van der Waals surface area contributed by atoms with Gasteiger partial charge in [0.15, 0.2) is 0 Å². The maximum Gasteiger partial charge on any atom is 0.102 e. The second-order valence-corrected chi connectivity index (χ2v) is 18.3. The van der Waals surface area contributed by atoms with E-state index in [0.29, 0.717) is 0 Å². The summed E-state index contributed by atoms with van der Waals surface area (Å²) in [5, 5.41) is 8.61. The fourth-order valence-electron chi connectivity index (χ4n) is 5.94. The molecule has 0 nitrogen and oxygen atoms in total. The second kappa shape index (κ2) is 30.5. The first kappa shape index (κ1) is 50.6. The molecule has 0 unspecified atom stereocenters. The Balaban J connectivity index is 0.000000277. The van der Waals surface area contributed by atoms with Crippen LogP contribution in [-0.4, -0.2) is 0 Å². The molecule has 0 heterocycles. The molecular formula is C50H48Au2IrP2S2. The van der Waals surface area contributed by atoms with Crippen molar-refractivity contribution in [3.63, 3.8) is 0 Å². The van der Waals surface area contributed by atoms with E-state index >= 15 is 0 Å². The van der Waals surface area contributed by atoms with Gasteiger partial charge in [0, 0.05) is 64.9 Å². The van der Waals surface area contributed by atoms with Crippen LogP contribution in [0.25, 0.3) is 0 Å². The van der Waals surface area contributed by atoms with Crippen molar-refractivity contribution in [3.8, 4) is 0 Å². The third-order valence-electron chi connectivity index (χ3n) is 8.56. The Labute approximate surface area is 399 Å². The predicted octanol–water partition coefficient (Wildman–Crippen LogP) is 10.5. The van der Waals surface area contributed by atoms with Crippen LogP contribution in [0.2, 0.25) is 0 Å². The van der Waals surface area contributed by atoms with E-state index in [4.69, 9.17) is 25.3 Å². The molecule has 0 saturated heterocycles. The Morgan fingerprint density at radius 3 is 0.579 bits per heavy atom. The van der Waals surface area contributed by atoms with Gasteiger partial charge in [0.25, 0.3) is 0 Å². The van der Waals surface area contributed by atoms with Gasteiger partial charge in [0.05, 0.1) is 15.8 Å². The Kier molecular flexibility index (Phi) is 27.1. The fourth-order valence-corrected chi connectivity index (χ4v) is 11.4. The third-order valence-corrected chi connectivity index (χ3v) is 14.9. The van der Waals surface area contributed by atoms with Crippen molar-refractivity contribution in [2.75, 3.05) is 0 Å². The normalized spacial score (nSPS) is 11.1. The van der Waals surface area contributed by atoms with E-state index in [2.05, 4.69) is 206 Å². The summed E-state index contributed by atoms with van der Waals surface area (Å²) in [6.45, 7) is 0. The number of rotatable bonds is 6. The van der Waals surface area contributed by atoms with Crippen LogP contribution < -0.4 is 31.8 Å². The van der Waals surface area contributed by atoms with E-state index in [9.17, 15) is 0 Å². The Hall–Kier alpha value is -2.55. The van der Waals surface area contributed by atoms with Crippen molar-refractivity contribution in [2.45, 2.75) is 35.5 Å². The van der Waals surface area contributed by atoms with Gasteiger partial charge >= 0.3 is 0 Å². The number of benzene rings is 7. The minimum Gasteiger partial charge on any atom is -0.781 e. The Morgan fingerprint density at radius 2 is 0.421 bits per heavy atom. The smallest absolute Gasteiger partial charge is 0.102 e. The fraction of sp³-hybridized carbons (Fsp3) is 0.0800. The molecule has 0 spiro atoms. The van der Waals surface area contributed by atoms with Crippen molar-refractivity contribution in [1.82, 2.24) is 0 Å². The summed E-state index contributed by atoms with van der Waals surface area (Å²) >= 11 is 9.70. The minimum atomic E-state index is -0.877. The summed E-state index contributed by atoms with van der Waals surface area (Å²) in [6.07, 6.45) is 14.0. The molecule has 301 valence electrons. The van der Waals surface area contributed by atoms with E-state index < -0.39 is 15.8 Å². The average molecular weight is 1360 g/mol. The average Bonchev–Trinajstić information content (AvgIpc) is 3.22. The SMILES string of the molecule is C1=CCCC=CCC1.[Au].[Au].[Ir].[S-]c1ccccc1[S-].c1ccc([PH+](c2ccccc2)c2ccccc2)cc1.c1ccc([PH+](c2ccccc2)c2ccccc2)cc1. The van der Waals surface area contributed by atoms with Crippen molar-refractivity contribution >= 4 is 72.9 Å². The molecule has 7 aromatic carbocycles. The van der Waals surface area contributed by atoms with E-state index in [1.807, 2.05) is 24.3 Å². The summed E-state index contributed by atoms with van der Waals surface area (Å²) < 4.78 is 0. The maximum atomic E-state index is 4.85. The van der Waals surface area contributed by atoms with E-state index in [1.54, 1.807) is 0 Å². The quantitative estimate of drug-likeness (QED) is 0.0705. The number of hydrogen-bond acceptors (Lipinski definition) is 2. The van der Waals surface area contributed by atoms with Crippen LogP contribution in [0.3, 0.4) is 0 Å². The Morgan fingerprint density at radius 1 is 0.263 bits per heavy atom. The Bertz CT molecular complexity index is 1740. The minimum absolute atomic E-state index is 0. The summed E-state index contributed by atoms with van der Waals surface area (Å²) in [5.74, 6) is 0. The van der Waals surface area contributed by atoms with Gasteiger partial charge in [-0.3, -0.25) is 0 Å².